The lowest BCUT2D eigenvalue weighted by Gasteiger charge is -2.37. The number of ether oxygens (including phenoxy) is 2. The van der Waals surface area contributed by atoms with E-state index in [1.807, 2.05) is 27.7 Å². The van der Waals surface area contributed by atoms with Crippen LogP contribution in [0.4, 0.5) is 10.5 Å². The molecule has 1 aromatic rings. The van der Waals surface area contributed by atoms with Crippen molar-refractivity contribution >= 4 is 39.3 Å². The summed E-state index contributed by atoms with van der Waals surface area (Å²) in [5.74, 6) is 0.615. The van der Waals surface area contributed by atoms with E-state index >= 15 is 0 Å². The highest BCUT2D eigenvalue weighted by atomic mass is 79.9. The van der Waals surface area contributed by atoms with Gasteiger partial charge in [-0.05, 0) is 68.1 Å². The van der Waals surface area contributed by atoms with E-state index in [-0.39, 0.29) is 12.1 Å². The number of methoxy groups -OCH3 is 1. The van der Waals surface area contributed by atoms with Gasteiger partial charge in [0.2, 0.25) is 0 Å². The minimum atomic E-state index is -0.555. The lowest BCUT2D eigenvalue weighted by molar-refractivity contribution is 0.0562. The Kier molecular flexibility index (Phi) is 4.97. The number of carbonyl (C=O) groups is 1. The van der Waals surface area contributed by atoms with Gasteiger partial charge in [0.15, 0.2) is 0 Å². The lowest BCUT2D eigenvalue weighted by Crippen LogP contribution is -2.45. The molecule has 0 radical (unpaired) electrons. The maximum absolute atomic E-state index is 12.6. The molecule has 1 aliphatic rings. The highest BCUT2D eigenvalue weighted by molar-refractivity contribution is 9.10. The molecule has 0 fully saturated rings. The Hall–Kier alpha value is -0.940. The van der Waals surface area contributed by atoms with Gasteiger partial charge in [0.1, 0.15) is 11.4 Å². The minimum absolute atomic E-state index is 0.0218. The summed E-state index contributed by atoms with van der Waals surface area (Å²) in [6.07, 6.45) is 1.24. The van der Waals surface area contributed by atoms with Gasteiger partial charge in [-0.25, -0.2) is 4.79 Å². The Labute approximate surface area is 144 Å². The van der Waals surface area contributed by atoms with Gasteiger partial charge in [-0.1, -0.05) is 11.6 Å². The Morgan fingerprint density at radius 3 is 2.64 bits per heavy atom. The Morgan fingerprint density at radius 1 is 1.45 bits per heavy atom. The molecule has 1 unspecified atom stereocenters. The highest BCUT2D eigenvalue weighted by Gasteiger charge is 2.35. The van der Waals surface area contributed by atoms with Crippen LogP contribution in [-0.2, 0) is 11.2 Å². The van der Waals surface area contributed by atoms with Gasteiger partial charge in [0.25, 0.3) is 0 Å². The van der Waals surface area contributed by atoms with E-state index in [0.29, 0.717) is 16.5 Å². The second-order valence-corrected chi connectivity index (χ2v) is 7.67. The van der Waals surface area contributed by atoms with Crippen LogP contribution < -0.4 is 9.64 Å². The summed E-state index contributed by atoms with van der Waals surface area (Å²) in [6.45, 7) is 7.56. The fourth-order valence-electron chi connectivity index (χ4n) is 2.58. The number of benzene rings is 1. The van der Waals surface area contributed by atoms with Crippen LogP contribution in [0.25, 0.3) is 0 Å². The molecule has 1 heterocycles. The third-order valence-corrected chi connectivity index (χ3v) is 4.84. The van der Waals surface area contributed by atoms with Gasteiger partial charge in [-0.3, -0.25) is 4.90 Å². The van der Waals surface area contributed by atoms with Crippen molar-refractivity contribution in [2.45, 2.75) is 52.2 Å². The smallest absolute Gasteiger partial charge is 0.415 e. The van der Waals surface area contributed by atoms with Gasteiger partial charge in [-0.2, -0.15) is 0 Å². The van der Waals surface area contributed by atoms with Crippen LogP contribution in [0.5, 0.6) is 5.75 Å². The molecule has 0 spiro atoms. The Morgan fingerprint density at radius 2 is 2.09 bits per heavy atom. The quantitative estimate of drug-likeness (QED) is 0.662. The molecule has 22 heavy (non-hydrogen) atoms. The second-order valence-electron chi connectivity index (χ2n) is 6.44. The maximum Gasteiger partial charge on any atom is 0.415 e. The lowest BCUT2D eigenvalue weighted by atomic mass is 9.96. The number of anilines is 1. The second kappa shape index (κ2) is 6.28. The van der Waals surface area contributed by atoms with Gasteiger partial charge in [-0.15, -0.1) is 0 Å². The molecule has 4 nitrogen and oxygen atoms in total. The van der Waals surface area contributed by atoms with Crippen LogP contribution in [0, 0.1) is 0 Å². The fourth-order valence-corrected chi connectivity index (χ4v) is 3.26. The molecule has 1 aromatic carbocycles. The van der Waals surface area contributed by atoms with Crippen LogP contribution >= 0.6 is 27.5 Å². The average molecular weight is 391 g/mol. The van der Waals surface area contributed by atoms with Crippen LogP contribution in [0.1, 0.15) is 39.7 Å². The number of fused-ring (bicyclic) bond motifs is 1. The first-order valence-corrected chi connectivity index (χ1v) is 8.40. The third kappa shape index (κ3) is 3.35. The molecular formula is C16H21BrClNO3. The number of amides is 1. The summed E-state index contributed by atoms with van der Waals surface area (Å²) in [5, 5.41) is 0.622. The highest BCUT2D eigenvalue weighted by Crippen LogP contribution is 2.46. The number of rotatable bonds is 1. The Bertz CT molecular complexity index is 598. The zero-order valence-corrected chi connectivity index (χ0v) is 15.8. The summed E-state index contributed by atoms with van der Waals surface area (Å²) >= 11 is 9.85. The van der Waals surface area contributed by atoms with Crippen LogP contribution in [-0.4, -0.2) is 24.8 Å². The monoisotopic (exact) mass is 389 g/mol. The summed E-state index contributed by atoms with van der Waals surface area (Å²) in [7, 11) is 1.59. The normalized spacial score (nSPS) is 18.0. The van der Waals surface area contributed by atoms with Crippen molar-refractivity contribution in [1.29, 1.82) is 0 Å². The molecule has 1 amide bonds. The van der Waals surface area contributed by atoms with Crippen molar-refractivity contribution in [2.24, 2.45) is 0 Å². The summed E-state index contributed by atoms with van der Waals surface area (Å²) in [6, 6.07) is 1.81. The fraction of sp³-hybridized carbons (Fsp3) is 0.562. The summed E-state index contributed by atoms with van der Waals surface area (Å²) < 4.78 is 11.8. The molecule has 0 saturated heterocycles. The first-order chi connectivity index (χ1) is 10.2. The van der Waals surface area contributed by atoms with E-state index < -0.39 is 5.60 Å². The largest absolute Gasteiger partial charge is 0.495 e. The predicted molar refractivity (Wildman–Crippen MR) is 92.2 cm³/mol. The van der Waals surface area contributed by atoms with Crippen molar-refractivity contribution in [2.75, 3.05) is 12.0 Å². The molecule has 6 heteroatoms. The van der Waals surface area contributed by atoms with Gasteiger partial charge in [0.05, 0.1) is 17.8 Å². The molecule has 0 bridgehead atoms. The number of hydrogen-bond acceptors (Lipinski definition) is 3. The Balaban J connectivity index is 2.55. The van der Waals surface area contributed by atoms with E-state index in [2.05, 4.69) is 15.9 Å². The maximum atomic E-state index is 12.6. The van der Waals surface area contributed by atoms with Crippen LogP contribution in [0.15, 0.2) is 10.5 Å². The topological polar surface area (TPSA) is 38.8 Å². The SMILES string of the molecule is COc1cc(Br)c(Cl)c2c1N(C(=O)OC(C)(C)C)C(C)CC2. The van der Waals surface area contributed by atoms with Crippen molar-refractivity contribution in [3.8, 4) is 5.75 Å². The molecule has 0 saturated carbocycles. The van der Waals surface area contributed by atoms with Gasteiger partial charge >= 0.3 is 6.09 Å². The van der Waals surface area contributed by atoms with Crippen molar-refractivity contribution in [3.63, 3.8) is 0 Å². The molecule has 0 aliphatic carbocycles. The molecule has 122 valence electrons. The summed E-state index contributed by atoms with van der Waals surface area (Å²) in [5.41, 5.74) is 1.07. The zero-order chi connectivity index (χ0) is 16.7. The van der Waals surface area contributed by atoms with Crippen molar-refractivity contribution < 1.29 is 14.3 Å². The predicted octanol–water partition coefficient (Wildman–Crippen LogP) is 5.19. The average Bonchev–Trinajstić information content (AvgIpc) is 2.40. The van der Waals surface area contributed by atoms with E-state index in [1.165, 1.54) is 0 Å². The number of carbonyl (C=O) groups excluding carboxylic acids is 1. The molecule has 1 atom stereocenters. The van der Waals surface area contributed by atoms with E-state index in [0.717, 1.165) is 22.9 Å². The molecule has 0 N–H and O–H groups in total. The molecular weight excluding hydrogens is 370 g/mol. The van der Waals surface area contributed by atoms with E-state index in [9.17, 15) is 4.79 Å². The third-order valence-electron chi connectivity index (χ3n) is 3.56. The zero-order valence-electron chi connectivity index (χ0n) is 13.5. The number of nitrogens with zero attached hydrogens (tertiary/aromatic N) is 1. The molecule has 0 aromatic heterocycles. The minimum Gasteiger partial charge on any atom is -0.495 e. The standard InChI is InChI=1S/C16H21BrClNO3/c1-9-6-7-10-13(18)11(17)8-12(21-5)14(10)19(9)15(20)22-16(2,3)4/h8-9H,6-7H2,1-5H3. The van der Waals surface area contributed by atoms with Crippen LogP contribution in [0.3, 0.4) is 0 Å². The van der Waals surface area contributed by atoms with Gasteiger partial charge < -0.3 is 9.47 Å². The molecule has 2 rings (SSSR count). The molecule has 1 aliphatic heterocycles. The number of hydrogen-bond donors (Lipinski definition) is 0. The van der Waals surface area contributed by atoms with Crippen molar-refractivity contribution in [1.82, 2.24) is 0 Å². The first-order valence-electron chi connectivity index (χ1n) is 7.22. The van der Waals surface area contributed by atoms with Crippen molar-refractivity contribution in [3.05, 3.63) is 21.1 Å². The van der Waals surface area contributed by atoms with Crippen LogP contribution in [0.2, 0.25) is 5.02 Å². The number of halogens is 2. The van der Waals surface area contributed by atoms with E-state index in [4.69, 9.17) is 21.1 Å². The summed E-state index contributed by atoms with van der Waals surface area (Å²) in [4.78, 5) is 14.3. The first kappa shape index (κ1) is 17.4. The van der Waals surface area contributed by atoms with Gasteiger partial charge in [0, 0.05) is 10.5 Å². The van der Waals surface area contributed by atoms with E-state index in [1.54, 1.807) is 18.1 Å².